The van der Waals surface area contributed by atoms with E-state index in [4.69, 9.17) is 23.7 Å². The number of hydrogen-bond acceptors (Lipinski definition) is 8. The molecule has 11 heteroatoms. The molecule has 0 aromatic heterocycles. The molecule has 2 amide bonds. The zero-order chi connectivity index (χ0) is 31.5. The number of nitrogens with zero attached hydrogens (tertiary/aromatic N) is 3. The van der Waals surface area contributed by atoms with E-state index in [-0.39, 0.29) is 17.4 Å². The van der Waals surface area contributed by atoms with Crippen LogP contribution in [0.4, 0.5) is 4.39 Å². The highest BCUT2D eigenvalue weighted by atomic mass is 19.1. The SMILES string of the molecule is COc1cc2c(cc1OC)[C@H](C(=O)N1CCN(Cc3ccc(OC)c(OC)c3OC)CC1)[C@@H](c1ccccc1F)N(C)C2=O. The van der Waals surface area contributed by atoms with Gasteiger partial charge in [-0.2, -0.15) is 0 Å². The summed E-state index contributed by atoms with van der Waals surface area (Å²) >= 11 is 0. The molecule has 0 radical (unpaired) electrons. The molecule has 5 rings (SSSR count). The van der Waals surface area contributed by atoms with E-state index >= 15 is 4.39 Å². The molecule has 1 fully saturated rings. The number of piperazine rings is 1. The van der Waals surface area contributed by atoms with E-state index in [2.05, 4.69) is 4.90 Å². The van der Waals surface area contributed by atoms with E-state index in [0.717, 1.165) is 5.56 Å². The van der Waals surface area contributed by atoms with Crippen LogP contribution in [0.2, 0.25) is 0 Å². The zero-order valence-electron chi connectivity index (χ0n) is 25.9. The first-order valence-corrected chi connectivity index (χ1v) is 14.3. The molecule has 3 aromatic carbocycles. The summed E-state index contributed by atoms with van der Waals surface area (Å²) in [4.78, 5) is 33.6. The lowest BCUT2D eigenvalue weighted by molar-refractivity contribution is -0.136. The lowest BCUT2D eigenvalue weighted by atomic mass is 9.78. The summed E-state index contributed by atoms with van der Waals surface area (Å²) in [5, 5.41) is 0. The summed E-state index contributed by atoms with van der Waals surface area (Å²) in [5.41, 5.74) is 2.03. The maximum Gasteiger partial charge on any atom is 0.254 e. The van der Waals surface area contributed by atoms with Gasteiger partial charge in [-0.15, -0.1) is 0 Å². The van der Waals surface area contributed by atoms with Crippen molar-refractivity contribution in [2.45, 2.75) is 18.5 Å². The molecule has 0 bridgehead atoms. The fourth-order valence-corrected chi connectivity index (χ4v) is 6.27. The van der Waals surface area contributed by atoms with Crippen molar-refractivity contribution < 1.29 is 37.7 Å². The van der Waals surface area contributed by atoms with Crippen LogP contribution in [0.5, 0.6) is 28.7 Å². The minimum atomic E-state index is -0.859. The number of fused-ring (bicyclic) bond motifs is 1. The molecule has 234 valence electrons. The van der Waals surface area contributed by atoms with E-state index in [1.54, 1.807) is 63.6 Å². The first-order valence-electron chi connectivity index (χ1n) is 14.3. The van der Waals surface area contributed by atoms with E-state index < -0.39 is 17.8 Å². The predicted octanol–water partition coefficient (Wildman–Crippen LogP) is 4.12. The van der Waals surface area contributed by atoms with Gasteiger partial charge in [-0.25, -0.2) is 4.39 Å². The Kier molecular flexibility index (Phi) is 9.14. The van der Waals surface area contributed by atoms with Crippen LogP contribution in [0.1, 0.15) is 39.0 Å². The molecule has 0 N–H and O–H groups in total. The Labute approximate surface area is 256 Å². The molecule has 2 atom stereocenters. The van der Waals surface area contributed by atoms with E-state index in [1.807, 2.05) is 12.1 Å². The van der Waals surface area contributed by atoms with E-state index in [9.17, 15) is 9.59 Å². The highest BCUT2D eigenvalue weighted by Gasteiger charge is 2.46. The molecule has 1 saturated heterocycles. The van der Waals surface area contributed by atoms with Gasteiger partial charge in [0.1, 0.15) is 5.82 Å². The maximum atomic E-state index is 15.3. The van der Waals surface area contributed by atoms with Gasteiger partial charge >= 0.3 is 0 Å². The standard InChI is InChI=1S/C33H38FN3O7/c1-35-29(21-9-7-8-10-24(21)34)28(22-17-26(41-3)27(42-4)18-23(22)32(35)38)33(39)37-15-13-36(14-16-37)19-20-11-12-25(40-2)31(44-6)30(20)43-5/h7-12,17-18,28-29H,13-16,19H2,1-6H3/t28-,29+/m0/s1. The average Bonchev–Trinajstić information content (AvgIpc) is 3.05. The Morgan fingerprint density at radius 1 is 0.795 bits per heavy atom. The van der Waals surface area contributed by atoms with Crippen LogP contribution in [0, 0.1) is 5.82 Å². The Morgan fingerprint density at radius 2 is 1.43 bits per heavy atom. The summed E-state index contributed by atoms with van der Waals surface area (Å²) in [5.74, 6) is 0.635. The molecular formula is C33H38FN3O7. The van der Waals surface area contributed by atoms with Gasteiger partial charge in [-0.1, -0.05) is 24.3 Å². The Bertz CT molecular complexity index is 1540. The number of methoxy groups -OCH3 is 5. The first kappa shape index (κ1) is 30.9. The van der Waals surface area contributed by atoms with Crippen molar-refractivity contribution >= 4 is 11.8 Å². The minimum absolute atomic E-state index is 0.186. The monoisotopic (exact) mass is 607 g/mol. The Hall–Kier alpha value is -4.51. The number of amides is 2. The van der Waals surface area contributed by atoms with Gasteiger partial charge in [0.25, 0.3) is 5.91 Å². The third-order valence-electron chi connectivity index (χ3n) is 8.53. The van der Waals surface area contributed by atoms with E-state index in [1.165, 1.54) is 25.2 Å². The molecule has 2 aliphatic heterocycles. The van der Waals surface area contributed by atoms with Crippen molar-refractivity contribution in [3.05, 3.63) is 76.6 Å². The second-order valence-electron chi connectivity index (χ2n) is 10.7. The van der Waals surface area contributed by atoms with Gasteiger partial charge in [0.05, 0.1) is 47.5 Å². The largest absolute Gasteiger partial charge is 0.493 e. The maximum absolute atomic E-state index is 15.3. The molecule has 0 spiro atoms. The van der Waals surface area contributed by atoms with Crippen LogP contribution in [-0.2, 0) is 11.3 Å². The van der Waals surface area contributed by atoms with Gasteiger partial charge < -0.3 is 33.5 Å². The summed E-state index contributed by atoms with van der Waals surface area (Å²) in [6.07, 6.45) is 0. The number of carbonyl (C=O) groups is 2. The van der Waals surface area contributed by atoms with Crippen LogP contribution in [0.25, 0.3) is 0 Å². The zero-order valence-corrected chi connectivity index (χ0v) is 25.9. The van der Waals surface area contributed by atoms with Crippen molar-refractivity contribution in [2.24, 2.45) is 0 Å². The van der Waals surface area contributed by atoms with Gasteiger partial charge in [-0.05, 0) is 29.8 Å². The van der Waals surface area contributed by atoms with Gasteiger partial charge in [0, 0.05) is 56.5 Å². The predicted molar refractivity (Wildman–Crippen MR) is 161 cm³/mol. The van der Waals surface area contributed by atoms with Crippen LogP contribution in [-0.4, -0.2) is 95.3 Å². The lowest BCUT2D eigenvalue weighted by Gasteiger charge is -2.43. The van der Waals surface area contributed by atoms with Crippen molar-refractivity contribution in [3.8, 4) is 28.7 Å². The first-order chi connectivity index (χ1) is 21.3. The highest BCUT2D eigenvalue weighted by Crippen LogP contribution is 2.47. The molecule has 0 unspecified atom stereocenters. The van der Waals surface area contributed by atoms with Crippen molar-refractivity contribution in [3.63, 3.8) is 0 Å². The molecule has 2 aliphatic rings. The molecule has 3 aromatic rings. The van der Waals surface area contributed by atoms with Crippen molar-refractivity contribution in [1.82, 2.24) is 14.7 Å². The normalized spacial score (nSPS) is 18.5. The number of ether oxygens (including phenoxy) is 5. The number of carbonyl (C=O) groups excluding carboxylic acids is 2. The Balaban J connectivity index is 1.45. The summed E-state index contributed by atoms with van der Waals surface area (Å²) in [7, 11) is 9.34. The van der Waals surface area contributed by atoms with Crippen LogP contribution in [0.15, 0.2) is 48.5 Å². The number of likely N-dealkylation sites (N-methyl/N-ethyl adjacent to an activating group) is 1. The average molecular weight is 608 g/mol. The molecule has 0 saturated carbocycles. The topological polar surface area (TPSA) is 90.0 Å². The number of benzene rings is 3. The third-order valence-corrected chi connectivity index (χ3v) is 8.53. The number of rotatable bonds is 9. The van der Waals surface area contributed by atoms with Crippen molar-refractivity contribution in [2.75, 3.05) is 68.8 Å². The van der Waals surface area contributed by atoms with Gasteiger partial charge in [0.2, 0.25) is 11.7 Å². The summed E-state index contributed by atoms with van der Waals surface area (Å²) < 4.78 is 42.9. The van der Waals surface area contributed by atoms with Crippen LogP contribution < -0.4 is 23.7 Å². The van der Waals surface area contributed by atoms with Gasteiger partial charge in [0.15, 0.2) is 23.0 Å². The van der Waals surface area contributed by atoms with Crippen molar-refractivity contribution in [1.29, 1.82) is 0 Å². The lowest BCUT2D eigenvalue weighted by Crippen LogP contribution is -2.52. The highest BCUT2D eigenvalue weighted by molar-refractivity contribution is 6.02. The minimum Gasteiger partial charge on any atom is -0.493 e. The second-order valence-corrected chi connectivity index (χ2v) is 10.7. The molecule has 2 heterocycles. The van der Waals surface area contributed by atoms with Crippen LogP contribution in [0.3, 0.4) is 0 Å². The second kappa shape index (κ2) is 13.0. The summed E-state index contributed by atoms with van der Waals surface area (Å²) in [6.45, 7) is 2.70. The molecule has 0 aliphatic carbocycles. The van der Waals surface area contributed by atoms with E-state index in [0.29, 0.717) is 72.6 Å². The third kappa shape index (κ3) is 5.47. The number of halogens is 1. The van der Waals surface area contributed by atoms with Gasteiger partial charge in [-0.3, -0.25) is 14.5 Å². The summed E-state index contributed by atoms with van der Waals surface area (Å²) in [6, 6.07) is 12.5. The Morgan fingerprint density at radius 3 is 2.05 bits per heavy atom. The molecule has 44 heavy (non-hydrogen) atoms. The fraction of sp³-hybridized carbons (Fsp3) is 0.394. The molecular weight excluding hydrogens is 569 g/mol. The smallest absolute Gasteiger partial charge is 0.254 e. The quantitative estimate of drug-likeness (QED) is 0.359. The fourth-order valence-electron chi connectivity index (χ4n) is 6.27. The van der Waals surface area contributed by atoms with Crippen LogP contribution >= 0.6 is 0 Å². The number of hydrogen-bond donors (Lipinski definition) is 0. The molecule has 10 nitrogen and oxygen atoms in total.